The molecule has 0 aromatic heterocycles. The SMILES string of the molecule is CC(C)(C)S(=O)CCCCCBr. The average Bonchev–Trinajstić information content (AvgIpc) is 1.96. The summed E-state index contributed by atoms with van der Waals surface area (Å²) >= 11 is 3.38. The van der Waals surface area contributed by atoms with Gasteiger partial charge in [0.15, 0.2) is 0 Å². The second-order valence-corrected chi connectivity index (χ2v) is 7.03. The molecule has 0 saturated heterocycles. The van der Waals surface area contributed by atoms with E-state index in [9.17, 15) is 4.21 Å². The van der Waals surface area contributed by atoms with Crippen LogP contribution in [0.2, 0.25) is 0 Å². The lowest BCUT2D eigenvalue weighted by Crippen LogP contribution is -2.23. The Bertz CT molecular complexity index is 140. The third-order valence-corrected chi connectivity index (χ3v) is 4.23. The van der Waals surface area contributed by atoms with Crippen LogP contribution >= 0.6 is 15.9 Å². The summed E-state index contributed by atoms with van der Waals surface area (Å²) in [6.07, 6.45) is 3.48. The van der Waals surface area contributed by atoms with Crippen molar-refractivity contribution >= 4 is 26.7 Å². The molecule has 0 spiro atoms. The van der Waals surface area contributed by atoms with Gasteiger partial charge >= 0.3 is 0 Å². The van der Waals surface area contributed by atoms with Gasteiger partial charge in [0.05, 0.1) is 0 Å². The minimum Gasteiger partial charge on any atom is -0.259 e. The summed E-state index contributed by atoms with van der Waals surface area (Å²) in [7, 11) is -0.656. The third-order valence-electron chi connectivity index (χ3n) is 1.65. The molecule has 1 nitrogen and oxygen atoms in total. The van der Waals surface area contributed by atoms with E-state index in [4.69, 9.17) is 0 Å². The van der Waals surface area contributed by atoms with Gasteiger partial charge < -0.3 is 0 Å². The molecule has 0 heterocycles. The summed E-state index contributed by atoms with van der Waals surface area (Å²) < 4.78 is 11.5. The van der Waals surface area contributed by atoms with E-state index in [2.05, 4.69) is 15.9 Å². The molecule has 0 fully saturated rings. The molecule has 74 valence electrons. The fourth-order valence-electron chi connectivity index (χ4n) is 0.811. The number of halogens is 1. The molecule has 0 aliphatic heterocycles. The van der Waals surface area contributed by atoms with E-state index in [0.717, 1.165) is 17.5 Å². The summed E-state index contributed by atoms with van der Waals surface area (Å²) in [6, 6.07) is 0. The molecular formula is C9H19BrOS. The maximum atomic E-state index is 11.5. The van der Waals surface area contributed by atoms with Crippen LogP contribution in [0.4, 0.5) is 0 Å². The number of hydrogen-bond donors (Lipinski definition) is 0. The van der Waals surface area contributed by atoms with E-state index >= 15 is 0 Å². The quantitative estimate of drug-likeness (QED) is 0.545. The molecule has 0 rings (SSSR count). The van der Waals surface area contributed by atoms with E-state index in [1.807, 2.05) is 20.8 Å². The summed E-state index contributed by atoms with van der Waals surface area (Å²) in [5.74, 6) is 0.858. The highest BCUT2D eigenvalue weighted by Crippen LogP contribution is 2.13. The van der Waals surface area contributed by atoms with Gasteiger partial charge in [-0.3, -0.25) is 4.21 Å². The zero-order valence-corrected chi connectivity index (χ0v) is 10.6. The van der Waals surface area contributed by atoms with Crippen molar-refractivity contribution in [3.8, 4) is 0 Å². The molecular weight excluding hydrogens is 236 g/mol. The maximum absolute atomic E-state index is 11.5. The maximum Gasteiger partial charge on any atom is 0.0375 e. The lowest BCUT2D eigenvalue weighted by Gasteiger charge is -2.17. The van der Waals surface area contributed by atoms with Crippen LogP contribution in [0.1, 0.15) is 40.0 Å². The predicted molar refractivity (Wildman–Crippen MR) is 60.4 cm³/mol. The fraction of sp³-hybridized carbons (Fsp3) is 1.00. The number of unbranched alkanes of at least 4 members (excludes halogenated alkanes) is 2. The Hall–Kier alpha value is 0.630. The highest BCUT2D eigenvalue weighted by molar-refractivity contribution is 9.09. The van der Waals surface area contributed by atoms with Gasteiger partial charge in [0.2, 0.25) is 0 Å². The van der Waals surface area contributed by atoms with Crippen molar-refractivity contribution in [2.75, 3.05) is 11.1 Å². The zero-order valence-electron chi connectivity index (χ0n) is 8.23. The van der Waals surface area contributed by atoms with Crippen LogP contribution in [0.5, 0.6) is 0 Å². The Morgan fingerprint density at radius 1 is 1.17 bits per heavy atom. The molecule has 3 heteroatoms. The Morgan fingerprint density at radius 3 is 2.17 bits per heavy atom. The Kier molecular flexibility index (Phi) is 6.46. The molecule has 0 aliphatic rings. The minimum absolute atomic E-state index is 0.0333. The minimum atomic E-state index is -0.656. The molecule has 1 atom stereocenters. The van der Waals surface area contributed by atoms with E-state index in [1.54, 1.807) is 0 Å². The van der Waals surface area contributed by atoms with Gasteiger partial charge in [-0.2, -0.15) is 0 Å². The number of rotatable bonds is 5. The van der Waals surface area contributed by atoms with Crippen LogP contribution in [0.15, 0.2) is 0 Å². The molecule has 1 unspecified atom stereocenters. The van der Waals surface area contributed by atoms with E-state index in [0.29, 0.717) is 0 Å². The van der Waals surface area contributed by atoms with Crippen LogP contribution in [-0.2, 0) is 10.8 Å². The smallest absolute Gasteiger partial charge is 0.0375 e. The van der Waals surface area contributed by atoms with Gasteiger partial charge in [0, 0.05) is 26.6 Å². The first kappa shape index (κ1) is 12.6. The van der Waals surface area contributed by atoms with Crippen molar-refractivity contribution in [3.63, 3.8) is 0 Å². The standard InChI is InChI=1S/C9H19BrOS/c1-9(2,3)12(11)8-6-4-5-7-10/h4-8H2,1-3H3. The van der Waals surface area contributed by atoms with Crippen molar-refractivity contribution in [3.05, 3.63) is 0 Å². The van der Waals surface area contributed by atoms with Crippen molar-refractivity contribution in [1.82, 2.24) is 0 Å². The van der Waals surface area contributed by atoms with Gasteiger partial charge in [-0.05, 0) is 33.6 Å². The van der Waals surface area contributed by atoms with Gasteiger partial charge in [-0.1, -0.05) is 22.4 Å². The molecule has 0 N–H and O–H groups in total. The summed E-state index contributed by atoms with van der Waals surface area (Å²) in [4.78, 5) is 0. The Labute approximate surface area is 86.9 Å². The largest absolute Gasteiger partial charge is 0.259 e. The topological polar surface area (TPSA) is 17.1 Å². The predicted octanol–water partition coefficient (Wildman–Crippen LogP) is 3.10. The second-order valence-electron chi connectivity index (χ2n) is 3.91. The number of hydrogen-bond acceptors (Lipinski definition) is 1. The normalized spacial score (nSPS) is 14.7. The summed E-state index contributed by atoms with van der Waals surface area (Å²) in [6.45, 7) is 6.11. The molecule has 0 aromatic carbocycles. The van der Waals surface area contributed by atoms with E-state index in [-0.39, 0.29) is 4.75 Å². The van der Waals surface area contributed by atoms with Crippen LogP contribution in [-0.4, -0.2) is 20.0 Å². The number of alkyl halides is 1. The fourth-order valence-corrected chi connectivity index (χ4v) is 2.29. The zero-order chi connectivity index (χ0) is 9.61. The summed E-state index contributed by atoms with van der Waals surface area (Å²) in [5, 5.41) is 1.06. The van der Waals surface area contributed by atoms with Crippen molar-refractivity contribution in [2.24, 2.45) is 0 Å². The van der Waals surface area contributed by atoms with Gasteiger partial charge in [0.25, 0.3) is 0 Å². The van der Waals surface area contributed by atoms with Gasteiger partial charge in [-0.15, -0.1) is 0 Å². The lowest BCUT2D eigenvalue weighted by atomic mass is 10.3. The molecule has 0 aliphatic carbocycles. The van der Waals surface area contributed by atoms with Gasteiger partial charge in [0.1, 0.15) is 0 Å². The second kappa shape index (κ2) is 6.14. The highest BCUT2D eigenvalue weighted by atomic mass is 79.9. The lowest BCUT2D eigenvalue weighted by molar-refractivity contribution is 0.642. The van der Waals surface area contributed by atoms with Gasteiger partial charge in [-0.25, -0.2) is 0 Å². The third kappa shape index (κ3) is 6.18. The molecule has 0 bridgehead atoms. The van der Waals surface area contributed by atoms with Crippen molar-refractivity contribution < 1.29 is 4.21 Å². The van der Waals surface area contributed by atoms with E-state index < -0.39 is 10.8 Å². The van der Waals surface area contributed by atoms with Crippen molar-refractivity contribution in [1.29, 1.82) is 0 Å². The molecule has 12 heavy (non-hydrogen) atoms. The van der Waals surface area contributed by atoms with Crippen LogP contribution in [0.3, 0.4) is 0 Å². The highest BCUT2D eigenvalue weighted by Gasteiger charge is 2.18. The average molecular weight is 255 g/mol. The first-order valence-corrected chi connectivity index (χ1v) is 6.87. The first-order valence-electron chi connectivity index (χ1n) is 4.43. The molecule has 0 radical (unpaired) electrons. The monoisotopic (exact) mass is 254 g/mol. The van der Waals surface area contributed by atoms with E-state index in [1.165, 1.54) is 12.8 Å². The van der Waals surface area contributed by atoms with Crippen LogP contribution < -0.4 is 0 Å². The van der Waals surface area contributed by atoms with Crippen molar-refractivity contribution in [2.45, 2.75) is 44.8 Å². The molecule has 0 aromatic rings. The van der Waals surface area contributed by atoms with Crippen LogP contribution in [0, 0.1) is 0 Å². The Balaban J connectivity index is 3.45. The summed E-state index contributed by atoms with van der Waals surface area (Å²) in [5.41, 5.74) is 0. The molecule has 0 amide bonds. The first-order chi connectivity index (χ1) is 5.48. The van der Waals surface area contributed by atoms with Crippen LogP contribution in [0.25, 0.3) is 0 Å². The Morgan fingerprint density at radius 2 is 1.75 bits per heavy atom. The molecule has 0 saturated carbocycles.